The van der Waals surface area contributed by atoms with Crippen LogP contribution in [-0.4, -0.2) is 0 Å². The number of hydrogen-bond donors (Lipinski definition) is 0. The maximum Gasteiger partial charge on any atom is 0.0636 e. The van der Waals surface area contributed by atoms with Crippen LogP contribution in [0.25, 0.3) is 86.9 Å². The molecular formula is C42H26. The standard InChI is InChI=1S/C42H26/c1-4-10-36-28(7-1)15-20-34-24-35-23-31(18-19-32(35)25-40(34)36)27-13-16-30(17-14-27)42-38-12-6-3-9-33(38)26-41-37-11-5-2-8-29(37)21-22-39(41)42/h1-26H/i1D,2D,3D,4D,5D,6D,7D,8D,9D,10D,11D,12D,13D,14D,15D,16D,17D,18D,19D,20D,21D,22D,23D,24D,25D,26D. The van der Waals surface area contributed by atoms with Crippen molar-refractivity contribution in [3.63, 3.8) is 0 Å². The molecule has 0 radical (unpaired) electrons. The minimum Gasteiger partial charge on any atom is -0.0616 e. The van der Waals surface area contributed by atoms with E-state index in [-0.39, 0.29) is 0 Å². The van der Waals surface area contributed by atoms with Gasteiger partial charge in [0.05, 0.1) is 35.6 Å². The minimum absolute atomic E-state index is 0.422. The van der Waals surface area contributed by atoms with Crippen molar-refractivity contribution >= 4 is 64.6 Å². The first-order chi connectivity index (χ1) is 31.7. The molecule has 0 aliphatic carbocycles. The van der Waals surface area contributed by atoms with E-state index in [1.807, 2.05) is 0 Å². The molecule has 0 N–H and O–H groups in total. The highest BCUT2D eigenvalue weighted by atomic mass is 14.2. The lowest BCUT2D eigenvalue weighted by Gasteiger charge is -2.14. The average Bonchev–Trinajstić information content (AvgIpc) is 3.30. The largest absolute Gasteiger partial charge is 0.0636 e. The fourth-order valence-electron chi connectivity index (χ4n) is 4.97. The third-order valence-corrected chi connectivity index (χ3v) is 6.88. The molecule has 0 saturated carbocycles. The summed E-state index contributed by atoms with van der Waals surface area (Å²) in [6.07, 6.45) is 0. The molecule has 9 aromatic rings. The van der Waals surface area contributed by atoms with E-state index in [1.165, 1.54) is 0 Å². The Kier molecular flexibility index (Phi) is 1.99. The molecule has 9 rings (SSSR count). The van der Waals surface area contributed by atoms with Crippen molar-refractivity contribution in [3.05, 3.63) is 157 Å². The predicted octanol–water partition coefficient (Wildman–Crippen LogP) is 11.9. The van der Waals surface area contributed by atoms with E-state index < -0.39 is 244 Å². The Hall–Kier alpha value is -5.46. The third kappa shape index (κ3) is 3.56. The topological polar surface area (TPSA) is 0 Å². The number of fused-ring (bicyclic) bond motifs is 8. The van der Waals surface area contributed by atoms with Crippen LogP contribution in [0.2, 0.25) is 0 Å². The van der Waals surface area contributed by atoms with Gasteiger partial charge < -0.3 is 0 Å². The summed E-state index contributed by atoms with van der Waals surface area (Å²) >= 11 is 0. The zero-order chi connectivity index (χ0) is 50.2. The first kappa shape index (κ1) is 9.28. The van der Waals surface area contributed by atoms with Crippen molar-refractivity contribution in [1.29, 1.82) is 0 Å². The van der Waals surface area contributed by atoms with Crippen LogP contribution < -0.4 is 0 Å². The Morgan fingerprint density at radius 2 is 0.786 bits per heavy atom. The summed E-state index contributed by atoms with van der Waals surface area (Å²) in [5.41, 5.74) is -3.04. The first-order valence-electron chi connectivity index (χ1n) is 25.5. The summed E-state index contributed by atoms with van der Waals surface area (Å²) in [5.74, 6) is 0. The lowest BCUT2D eigenvalue weighted by Crippen LogP contribution is -1.87. The number of rotatable bonds is 2. The second kappa shape index (κ2) is 9.03. The predicted molar refractivity (Wildman–Crippen MR) is 182 cm³/mol. The molecule has 0 saturated heterocycles. The van der Waals surface area contributed by atoms with E-state index in [0.29, 0.717) is 0 Å². The Labute approximate surface area is 280 Å². The van der Waals surface area contributed by atoms with Gasteiger partial charge in [0.2, 0.25) is 0 Å². The molecule has 0 aromatic heterocycles. The Bertz CT molecular complexity index is 3940. The fourth-order valence-corrected chi connectivity index (χ4v) is 4.97. The van der Waals surface area contributed by atoms with Gasteiger partial charge in [0.1, 0.15) is 0 Å². The smallest absolute Gasteiger partial charge is 0.0616 e. The second-order valence-corrected chi connectivity index (χ2v) is 9.25. The molecule has 0 bridgehead atoms. The van der Waals surface area contributed by atoms with Gasteiger partial charge in [-0.2, -0.15) is 0 Å². The molecule has 0 heterocycles. The minimum atomic E-state index is -1.05. The van der Waals surface area contributed by atoms with Crippen LogP contribution >= 0.6 is 0 Å². The van der Waals surface area contributed by atoms with Gasteiger partial charge in [0.15, 0.2) is 0 Å². The summed E-state index contributed by atoms with van der Waals surface area (Å²) in [5, 5.41) is -6.43. The highest BCUT2D eigenvalue weighted by molar-refractivity contribution is 6.20. The normalized spacial score (nSPS) is 20.5. The molecule has 0 fully saturated rings. The lowest BCUT2D eigenvalue weighted by molar-refractivity contribution is 1.64. The van der Waals surface area contributed by atoms with E-state index in [2.05, 4.69) is 0 Å². The van der Waals surface area contributed by atoms with Crippen molar-refractivity contribution in [2.75, 3.05) is 0 Å². The highest BCUT2D eigenvalue weighted by Crippen LogP contribution is 2.40. The molecule has 42 heavy (non-hydrogen) atoms. The van der Waals surface area contributed by atoms with Crippen LogP contribution in [0.15, 0.2) is 157 Å². The Morgan fingerprint density at radius 3 is 1.57 bits per heavy atom. The zero-order valence-corrected chi connectivity index (χ0v) is 21.0. The van der Waals surface area contributed by atoms with Gasteiger partial charge in [-0.3, -0.25) is 0 Å². The van der Waals surface area contributed by atoms with Crippen molar-refractivity contribution in [1.82, 2.24) is 0 Å². The molecule has 0 amide bonds. The first-order valence-corrected chi connectivity index (χ1v) is 12.5. The van der Waals surface area contributed by atoms with Crippen LogP contribution in [0.4, 0.5) is 0 Å². The Balaban J connectivity index is 1.48. The van der Waals surface area contributed by atoms with Gasteiger partial charge in [0, 0.05) is 0 Å². The molecular weight excluding hydrogens is 504 g/mol. The molecule has 0 heteroatoms. The van der Waals surface area contributed by atoms with E-state index in [1.54, 1.807) is 0 Å². The molecule has 0 nitrogen and oxygen atoms in total. The molecule has 0 unspecified atom stereocenters. The molecule has 0 spiro atoms. The molecule has 0 aliphatic rings. The molecule has 9 aromatic carbocycles. The van der Waals surface area contributed by atoms with Crippen molar-refractivity contribution in [3.8, 4) is 22.3 Å². The van der Waals surface area contributed by atoms with Gasteiger partial charge >= 0.3 is 0 Å². The van der Waals surface area contributed by atoms with Gasteiger partial charge in [0.25, 0.3) is 0 Å². The van der Waals surface area contributed by atoms with Gasteiger partial charge in [-0.1, -0.05) is 133 Å². The van der Waals surface area contributed by atoms with Crippen LogP contribution in [0.1, 0.15) is 35.6 Å². The second-order valence-electron chi connectivity index (χ2n) is 9.25. The van der Waals surface area contributed by atoms with Gasteiger partial charge in [-0.15, -0.1) is 0 Å². The summed E-state index contributed by atoms with van der Waals surface area (Å²) in [6, 6.07) is -22.1. The van der Waals surface area contributed by atoms with Crippen LogP contribution in [0.3, 0.4) is 0 Å². The van der Waals surface area contributed by atoms with E-state index in [4.69, 9.17) is 23.3 Å². The van der Waals surface area contributed by atoms with Crippen molar-refractivity contribution in [2.45, 2.75) is 0 Å². The molecule has 194 valence electrons. The molecule has 0 atom stereocenters. The van der Waals surface area contributed by atoms with E-state index in [9.17, 15) is 12.3 Å². The quantitative estimate of drug-likeness (QED) is 0.147. The van der Waals surface area contributed by atoms with Gasteiger partial charge in [-0.05, 0) is 111 Å². The maximum absolute atomic E-state index is 9.45. The van der Waals surface area contributed by atoms with Crippen LogP contribution in [0.5, 0.6) is 0 Å². The molecule has 0 aliphatic heterocycles. The fraction of sp³-hybridized carbons (Fsp3) is 0. The van der Waals surface area contributed by atoms with Crippen LogP contribution in [-0.2, 0) is 0 Å². The maximum atomic E-state index is 9.45. The highest BCUT2D eigenvalue weighted by Gasteiger charge is 2.13. The monoisotopic (exact) mass is 556 g/mol. The SMILES string of the molecule is [2H]c1c([2H])c(-c2c3c([2H])c([2H])c([2H])c([2H])c3c([2H])c3c2c([2H])c([2H])c2c([2H])c([2H])c([2H])c([2H])c23)c([2H])c([2H])c1-c1c([2H])c([2H])c2c([2H])c3c(c([2H])c([2H])c4c([2H])c([2H])c([2H])c([2H])c43)c([2H])c2c1[2H]. The average molecular weight is 557 g/mol. The van der Waals surface area contributed by atoms with Gasteiger partial charge in [-0.25, -0.2) is 0 Å². The zero-order valence-electron chi connectivity index (χ0n) is 47.0. The number of benzene rings is 9. The van der Waals surface area contributed by atoms with Crippen molar-refractivity contribution < 1.29 is 35.6 Å². The van der Waals surface area contributed by atoms with E-state index >= 15 is 0 Å². The van der Waals surface area contributed by atoms with Crippen molar-refractivity contribution in [2.24, 2.45) is 0 Å². The Morgan fingerprint density at radius 1 is 0.262 bits per heavy atom. The lowest BCUT2D eigenvalue weighted by atomic mass is 9.89. The third-order valence-electron chi connectivity index (χ3n) is 6.88. The summed E-state index contributed by atoms with van der Waals surface area (Å²) in [6.45, 7) is 0. The number of hydrogen-bond acceptors (Lipinski definition) is 0. The van der Waals surface area contributed by atoms with E-state index in [0.717, 1.165) is 0 Å². The van der Waals surface area contributed by atoms with Crippen LogP contribution in [0, 0.1) is 0 Å². The summed E-state index contributed by atoms with van der Waals surface area (Å²) < 4.78 is 232. The summed E-state index contributed by atoms with van der Waals surface area (Å²) in [7, 11) is 0. The summed E-state index contributed by atoms with van der Waals surface area (Å²) in [4.78, 5) is 0.